The molecule has 6 heteroatoms. The van der Waals surface area contributed by atoms with Crippen molar-refractivity contribution >= 4 is 17.7 Å². The van der Waals surface area contributed by atoms with E-state index >= 15 is 0 Å². The summed E-state index contributed by atoms with van der Waals surface area (Å²) in [6.07, 6.45) is 4.55. The number of benzene rings is 2. The SMILES string of the molecule is COC(=O)COc1ccc(NC(=O)NCC2(c3ccccc3)CCCC2)cc1. The summed E-state index contributed by atoms with van der Waals surface area (Å²) in [5.74, 6) is 0.0891. The van der Waals surface area contributed by atoms with Crippen LogP contribution in [0.15, 0.2) is 54.6 Å². The smallest absolute Gasteiger partial charge is 0.343 e. The molecule has 1 saturated carbocycles. The lowest BCUT2D eigenvalue weighted by atomic mass is 9.79. The molecule has 0 radical (unpaired) electrons. The summed E-state index contributed by atoms with van der Waals surface area (Å²) in [5.41, 5.74) is 1.97. The number of hydrogen-bond donors (Lipinski definition) is 2. The topological polar surface area (TPSA) is 76.7 Å². The van der Waals surface area contributed by atoms with Gasteiger partial charge in [0.25, 0.3) is 0 Å². The van der Waals surface area contributed by atoms with Crippen molar-refractivity contribution in [3.63, 3.8) is 0 Å². The lowest BCUT2D eigenvalue weighted by molar-refractivity contribution is -0.142. The fourth-order valence-electron chi connectivity index (χ4n) is 3.67. The van der Waals surface area contributed by atoms with E-state index in [1.807, 2.05) is 6.07 Å². The van der Waals surface area contributed by atoms with Crippen molar-refractivity contribution in [2.75, 3.05) is 25.6 Å². The second kappa shape index (κ2) is 9.26. The van der Waals surface area contributed by atoms with Gasteiger partial charge in [0.2, 0.25) is 0 Å². The van der Waals surface area contributed by atoms with Gasteiger partial charge in [0.05, 0.1) is 7.11 Å². The van der Waals surface area contributed by atoms with E-state index in [1.165, 1.54) is 25.5 Å². The van der Waals surface area contributed by atoms with Crippen molar-refractivity contribution in [2.24, 2.45) is 0 Å². The van der Waals surface area contributed by atoms with Gasteiger partial charge in [0.15, 0.2) is 6.61 Å². The molecule has 0 heterocycles. The van der Waals surface area contributed by atoms with Crippen LogP contribution in [-0.2, 0) is 14.9 Å². The van der Waals surface area contributed by atoms with Crippen molar-refractivity contribution in [1.82, 2.24) is 5.32 Å². The van der Waals surface area contributed by atoms with Gasteiger partial charge in [-0.15, -0.1) is 0 Å². The molecule has 1 fully saturated rings. The molecule has 1 aliphatic rings. The molecule has 2 amide bonds. The van der Waals surface area contributed by atoms with Gasteiger partial charge in [-0.25, -0.2) is 9.59 Å². The number of amides is 2. The lowest BCUT2D eigenvalue weighted by Crippen LogP contribution is -2.40. The van der Waals surface area contributed by atoms with Crippen LogP contribution in [0.4, 0.5) is 10.5 Å². The van der Waals surface area contributed by atoms with E-state index in [-0.39, 0.29) is 18.1 Å². The minimum Gasteiger partial charge on any atom is -0.482 e. The Morgan fingerprint density at radius 3 is 2.32 bits per heavy atom. The zero-order valence-corrected chi connectivity index (χ0v) is 16.1. The molecule has 0 atom stereocenters. The molecular weight excluding hydrogens is 356 g/mol. The van der Waals surface area contributed by atoms with Crippen LogP contribution in [0.3, 0.4) is 0 Å². The molecule has 2 aromatic carbocycles. The summed E-state index contributed by atoms with van der Waals surface area (Å²) < 4.78 is 9.82. The molecule has 0 unspecified atom stereocenters. The van der Waals surface area contributed by atoms with Crippen LogP contribution in [0, 0.1) is 0 Å². The molecule has 6 nitrogen and oxygen atoms in total. The Balaban J connectivity index is 1.53. The molecular formula is C22H26N2O4. The van der Waals surface area contributed by atoms with Gasteiger partial charge < -0.3 is 20.1 Å². The number of esters is 1. The minimum absolute atomic E-state index is 0.0180. The molecule has 2 aromatic rings. The first-order valence-electron chi connectivity index (χ1n) is 9.51. The van der Waals surface area contributed by atoms with Gasteiger partial charge in [0.1, 0.15) is 5.75 Å². The average molecular weight is 382 g/mol. The number of anilines is 1. The maximum absolute atomic E-state index is 12.4. The number of urea groups is 1. The first-order chi connectivity index (χ1) is 13.6. The minimum atomic E-state index is -0.444. The monoisotopic (exact) mass is 382 g/mol. The van der Waals surface area contributed by atoms with Crippen molar-refractivity contribution in [3.05, 3.63) is 60.2 Å². The van der Waals surface area contributed by atoms with E-state index in [0.29, 0.717) is 18.0 Å². The first-order valence-corrected chi connectivity index (χ1v) is 9.51. The number of methoxy groups -OCH3 is 1. The molecule has 1 aliphatic carbocycles. The molecule has 3 rings (SSSR count). The maximum atomic E-state index is 12.4. The van der Waals surface area contributed by atoms with E-state index < -0.39 is 5.97 Å². The van der Waals surface area contributed by atoms with E-state index in [0.717, 1.165) is 12.8 Å². The first kappa shape index (κ1) is 19.7. The van der Waals surface area contributed by atoms with E-state index in [2.05, 4.69) is 39.6 Å². The van der Waals surface area contributed by atoms with Crippen LogP contribution in [0.2, 0.25) is 0 Å². The zero-order valence-electron chi connectivity index (χ0n) is 16.1. The Bertz CT molecular complexity index is 784. The highest BCUT2D eigenvalue weighted by atomic mass is 16.6. The third kappa shape index (κ3) is 5.03. The molecule has 2 N–H and O–H groups in total. The maximum Gasteiger partial charge on any atom is 0.343 e. The quantitative estimate of drug-likeness (QED) is 0.713. The Hall–Kier alpha value is -3.02. The summed E-state index contributed by atoms with van der Waals surface area (Å²) in [7, 11) is 1.31. The number of nitrogens with one attached hydrogen (secondary N) is 2. The third-order valence-electron chi connectivity index (χ3n) is 5.23. The number of carbonyl (C=O) groups excluding carboxylic acids is 2. The third-order valence-corrected chi connectivity index (χ3v) is 5.23. The van der Waals surface area contributed by atoms with Crippen LogP contribution in [-0.4, -0.2) is 32.3 Å². The molecule has 0 saturated heterocycles. The highest BCUT2D eigenvalue weighted by Crippen LogP contribution is 2.40. The van der Waals surface area contributed by atoms with Gasteiger partial charge in [0, 0.05) is 17.6 Å². The second-order valence-electron chi connectivity index (χ2n) is 7.05. The molecule has 0 aliphatic heterocycles. The number of ether oxygens (including phenoxy) is 2. The van der Waals surface area contributed by atoms with Gasteiger partial charge in [-0.1, -0.05) is 43.2 Å². The number of hydrogen-bond acceptors (Lipinski definition) is 4. The van der Waals surface area contributed by atoms with E-state index in [4.69, 9.17) is 4.74 Å². The highest BCUT2D eigenvalue weighted by molar-refractivity contribution is 5.89. The van der Waals surface area contributed by atoms with Gasteiger partial charge in [-0.3, -0.25) is 0 Å². The Morgan fingerprint density at radius 2 is 1.68 bits per heavy atom. The summed E-state index contributed by atoms with van der Waals surface area (Å²) >= 11 is 0. The normalized spacial score (nSPS) is 14.9. The van der Waals surface area contributed by atoms with Crippen LogP contribution >= 0.6 is 0 Å². The largest absolute Gasteiger partial charge is 0.482 e. The fourth-order valence-corrected chi connectivity index (χ4v) is 3.67. The summed E-state index contributed by atoms with van der Waals surface area (Å²) in [6.45, 7) is 0.467. The van der Waals surface area contributed by atoms with Gasteiger partial charge in [-0.05, 0) is 42.7 Å². The van der Waals surface area contributed by atoms with E-state index in [1.54, 1.807) is 24.3 Å². The van der Waals surface area contributed by atoms with Crippen molar-refractivity contribution in [2.45, 2.75) is 31.1 Å². The van der Waals surface area contributed by atoms with Crippen molar-refractivity contribution < 1.29 is 19.1 Å². The van der Waals surface area contributed by atoms with Gasteiger partial charge in [-0.2, -0.15) is 0 Å². The Morgan fingerprint density at radius 1 is 1.00 bits per heavy atom. The van der Waals surface area contributed by atoms with Crippen molar-refractivity contribution in [1.29, 1.82) is 0 Å². The lowest BCUT2D eigenvalue weighted by Gasteiger charge is -2.30. The summed E-state index contributed by atoms with van der Waals surface area (Å²) in [5, 5.41) is 5.87. The zero-order chi connectivity index (χ0) is 19.8. The van der Waals surface area contributed by atoms with Gasteiger partial charge >= 0.3 is 12.0 Å². The molecule has 0 spiro atoms. The predicted molar refractivity (Wildman–Crippen MR) is 108 cm³/mol. The van der Waals surface area contributed by atoms with Crippen molar-refractivity contribution in [3.8, 4) is 5.75 Å². The molecule has 0 bridgehead atoms. The van der Waals surface area contributed by atoms with Crippen LogP contribution in [0.25, 0.3) is 0 Å². The molecule has 28 heavy (non-hydrogen) atoms. The van der Waals surface area contributed by atoms with Crippen LogP contribution in [0.5, 0.6) is 5.75 Å². The molecule has 148 valence electrons. The average Bonchev–Trinajstić information content (AvgIpc) is 3.22. The Kier molecular flexibility index (Phi) is 6.53. The Labute approximate surface area is 165 Å². The standard InChI is InChI=1S/C22H26N2O4/c1-27-20(25)15-28-19-11-9-18(10-12-19)24-21(26)23-16-22(13-5-6-14-22)17-7-3-2-4-8-17/h2-4,7-12H,5-6,13-16H2,1H3,(H2,23,24,26). The fraction of sp³-hybridized carbons (Fsp3) is 0.364. The van der Waals surface area contributed by atoms with E-state index in [9.17, 15) is 9.59 Å². The van der Waals surface area contributed by atoms with Crippen LogP contribution < -0.4 is 15.4 Å². The van der Waals surface area contributed by atoms with Crippen LogP contribution in [0.1, 0.15) is 31.2 Å². The second-order valence-corrected chi connectivity index (χ2v) is 7.05. The highest BCUT2D eigenvalue weighted by Gasteiger charge is 2.35. The summed E-state index contributed by atoms with van der Waals surface area (Å²) in [4.78, 5) is 23.5. The number of rotatable bonds is 7. The number of carbonyl (C=O) groups is 2. The predicted octanol–water partition coefficient (Wildman–Crippen LogP) is 3.87. The molecule has 0 aromatic heterocycles. The summed E-state index contributed by atoms with van der Waals surface area (Å²) in [6, 6.07) is 17.1.